The Balaban J connectivity index is 2.23. The number of benzene rings is 1. The Hall–Kier alpha value is -1.83. The number of hydrogen-bond acceptors (Lipinski definition) is 6. The van der Waals surface area contributed by atoms with Crippen molar-refractivity contribution in [2.45, 2.75) is 44.9 Å². The van der Waals surface area contributed by atoms with E-state index in [1.165, 1.54) is 10.2 Å². The molecule has 1 unspecified atom stereocenters. The van der Waals surface area contributed by atoms with Gasteiger partial charge in [-0.05, 0) is 64.6 Å². The van der Waals surface area contributed by atoms with Crippen LogP contribution in [0.25, 0.3) is 6.08 Å². The maximum Gasteiger partial charge on any atom is 0.321 e. The van der Waals surface area contributed by atoms with Gasteiger partial charge in [0.25, 0.3) is 0 Å². The number of ether oxygens (including phenoxy) is 1. The first-order valence-corrected chi connectivity index (χ1v) is 12.6. The fourth-order valence-electron chi connectivity index (χ4n) is 3.63. The van der Waals surface area contributed by atoms with Crippen LogP contribution in [0.1, 0.15) is 50.8 Å². The molecule has 1 atom stereocenters. The topological polar surface area (TPSA) is 97.8 Å². The molecular weight excluding hydrogens is 424 g/mol. The van der Waals surface area contributed by atoms with Gasteiger partial charge in [-0.25, -0.2) is 8.42 Å². The lowest BCUT2D eigenvalue weighted by molar-refractivity contribution is -0.137. The summed E-state index contributed by atoms with van der Waals surface area (Å²) < 4.78 is 32.4. The lowest BCUT2D eigenvalue weighted by Gasteiger charge is -2.24. The van der Waals surface area contributed by atoms with E-state index < -0.39 is 40.6 Å². The van der Waals surface area contributed by atoms with Crippen molar-refractivity contribution in [3.63, 3.8) is 0 Å². The number of carbonyl (C=O) groups is 3. The molecular formula is C20H23BNO6PS. The Morgan fingerprint density at radius 1 is 1.33 bits per heavy atom. The third-order valence-corrected chi connectivity index (χ3v) is 9.77. The number of ketones is 1. The number of carbonyl (C=O) groups excluding carboxylic acids is 3. The Labute approximate surface area is 179 Å². The van der Waals surface area contributed by atoms with E-state index in [0.717, 1.165) is 0 Å². The minimum Gasteiger partial charge on any atom is -0.425 e. The van der Waals surface area contributed by atoms with Crippen molar-refractivity contribution in [3.8, 4) is 5.75 Å². The van der Waals surface area contributed by atoms with Crippen LogP contribution in [-0.4, -0.2) is 51.3 Å². The van der Waals surface area contributed by atoms with Crippen molar-refractivity contribution in [2.24, 2.45) is 0 Å². The average molecular weight is 447 g/mol. The van der Waals surface area contributed by atoms with Gasteiger partial charge in [-0.2, -0.15) is 4.08 Å². The predicted molar refractivity (Wildman–Crippen MR) is 116 cm³/mol. The number of sulfonamides is 1. The smallest absolute Gasteiger partial charge is 0.321 e. The van der Waals surface area contributed by atoms with Crippen LogP contribution in [0.4, 0.5) is 0 Å². The molecule has 7 nitrogen and oxygen atoms in total. The molecule has 2 aliphatic heterocycles. The summed E-state index contributed by atoms with van der Waals surface area (Å²) in [6, 6.07) is 3.31. The van der Waals surface area contributed by atoms with Gasteiger partial charge in [-0.1, -0.05) is 7.95 Å². The maximum absolute atomic E-state index is 12.8. The minimum absolute atomic E-state index is 0.218. The van der Waals surface area contributed by atoms with Gasteiger partial charge in [0, 0.05) is 17.7 Å². The summed E-state index contributed by atoms with van der Waals surface area (Å²) in [5.74, 6) is -0.894. The second kappa shape index (κ2) is 7.40. The lowest BCUT2D eigenvalue weighted by Crippen LogP contribution is -2.30. The highest BCUT2D eigenvalue weighted by atomic mass is 32.2. The van der Waals surface area contributed by atoms with E-state index in [4.69, 9.17) is 12.3 Å². The van der Waals surface area contributed by atoms with Gasteiger partial charge in [-0.15, -0.1) is 0 Å². The van der Waals surface area contributed by atoms with Crippen molar-refractivity contribution in [1.82, 2.24) is 4.08 Å². The second-order valence-electron chi connectivity index (χ2n) is 8.55. The van der Waals surface area contributed by atoms with Crippen LogP contribution in [0.15, 0.2) is 17.0 Å². The zero-order valence-corrected chi connectivity index (χ0v) is 19.3. The first kappa shape index (κ1) is 22.9. The lowest BCUT2D eigenvalue weighted by atomic mass is 9.76. The zero-order valence-electron chi connectivity index (χ0n) is 17.6. The van der Waals surface area contributed by atoms with Crippen LogP contribution in [0.3, 0.4) is 0 Å². The third kappa shape index (κ3) is 3.47. The molecule has 0 bridgehead atoms. The van der Waals surface area contributed by atoms with Crippen LogP contribution < -0.4 is 4.74 Å². The number of nitrogens with zero attached hydrogens (tertiary/aromatic N) is 1. The number of Topliss-reactive ketones (excluding diaryl/α,β-unsaturated/α-hetero) is 1. The first-order chi connectivity index (χ1) is 13.7. The molecule has 0 amide bonds. The van der Waals surface area contributed by atoms with E-state index in [9.17, 15) is 22.8 Å². The Bertz CT molecular complexity index is 1090. The highest BCUT2D eigenvalue weighted by Crippen LogP contribution is 2.47. The SMILES string of the molecule is [B]P(C)N1CC/C(=C\c2cc(C(C)(C)C(=O)C=O)c3c(c2)C(C)(C)C(=O)O3)S1(=O)=O. The predicted octanol–water partition coefficient (Wildman–Crippen LogP) is 2.42. The third-order valence-electron chi connectivity index (χ3n) is 5.72. The van der Waals surface area contributed by atoms with E-state index in [2.05, 4.69) is 0 Å². The molecule has 1 fully saturated rings. The van der Waals surface area contributed by atoms with Crippen LogP contribution in [-0.2, 0) is 35.2 Å². The van der Waals surface area contributed by atoms with E-state index in [0.29, 0.717) is 29.7 Å². The molecule has 2 aliphatic rings. The number of rotatable bonds is 5. The van der Waals surface area contributed by atoms with Crippen LogP contribution in [0.5, 0.6) is 5.75 Å². The van der Waals surface area contributed by atoms with Gasteiger partial charge >= 0.3 is 5.97 Å². The summed E-state index contributed by atoms with van der Waals surface area (Å²) in [6.07, 6.45) is 2.09. The van der Waals surface area contributed by atoms with Crippen molar-refractivity contribution in [2.75, 3.05) is 13.2 Å². The van der Waals surface area contributed by atoms with Gasteiger partial charge in [-0.3, -0.25) is 14.4 Å². The van der Waals surface area contributed by atoms with Crippen LogP contribution in [0.2, 0.25) is 0 Å². The fourth-order valence-corrected chi connectivity index (χ4v) is 6.96. The average Bonchev–Trinajstić information content (AvgIpc) is 3.06. The van der Waals surface area contributed by atoms with Gasteiger partial charge in [0.05, 0.1) is 15.7 Å². The van der Waals surface area contributed by atoms with Crippen molar-refractivity contribution < 1.29 is 27.5 Å². The minimum atomic E-state index is -3.67. The van der Waals surface area contributed by atoms with Crippen LogP contribution >= 0.6 is 7.95 Å². The van der Waals surface area contributed by atoms with E-state index in [-0.39, 0.29) is 16.9 Å². The largest absolute Gasteiger partial charge is 0.425 e. The molecule has 1 aromatic rings. The molecule has 30 heavy (non-hydrogen) atoms. The summed E-state index contributed by atoms with van der Waals surface area (Å²) >= 11 is 0. The normalized spacial score (nSPS) is 22.6. The summed E-state index contributed by atoms with van der Waals surface area (Å²) in [6.45, 7) is 8.52. The Morgan fingerprint density at radius 3 is 2.50 bits per heavy atom. The van der Waals surface area contributed by atoms with Gasteiger partial charge in [0.1, 0.15) is 13.3 Å². The van der Waals surface area contributed by atoms with E-state index >= 15 is 0 Å². The molecule has 0 spiro atoms. The molecule has 158 valence electrons. The highest BCUT2D eigenvalue weighted by molar-refractivity contribution is 8.01. The maximum atomic E-state index is 12.8. The number of aldehydes is 1. The first-order valence-electron chi connectivity index (χ1n) is 9.37. The molecule has 2 heterocycles. The number of hydrogen-bond donors (Lipinski definition) is 0. The van der Waals surface area contributed by atoms with E-state index in [1.54, 1.807) is 46.5 Å². The molecule has 0 N–H and O–H groups in total. The fraction of sp³-hybridized carbons (Fsp3) is 0.450. The molecule has 0 aliphatic carbocycles. The molecule has 10 heteroatoms. The van der Waals surface area contributed by atoms with Crippen LogP contribution in [0, 0.1) is 0 Å². The van der Waals surface area contributed by atoms with E-state index in [1.807, 2.05) is 0 Å². The monoisotopic (exact) mass is 447 g/mol. The Morgan fingerprint density at radius 2 is 1.97 bits per heavy atom. The van der Waals surface area contributed by atoms with Gasteiger partial charge in [0.2, 0.25) is 15.8 Å². The van der Waals surface area contributed by atoms with Gasteiger partial charge in [0.15, 0.2) is 6.29 Å². The molecule has 3 rings (SSSR count). The summed E-state index contributed by atoms with van der Waals surface area (Å²) in [5, 5.41) is 0. The van der Waals surface area contributed by atoms with Gasteiger partial charge < -0.3 is 4.74 Å². The number of esters is 1. The molecule has 0 saturated carbocycles. The molecule has 0 aromatic heterocycles. The number of fused-ring (bicyclic) bond motifs is 1. The van der Waals surface area contributed by atoms with Crippen molar-refractivity contribution in [3.05, 3.63) is 33.7 Å². The summed E-state index contributed by atoms with van der Waals surface area (Å²) in [7, 11) is 0.876. The standard InChI is InChI=1S/C20H23BNO6PS/c1-19(2,16(24)11-23)14-9-12(10-15-17(14)28-18(25)20(15,3)4)8-13-6-7-22(29(5)21)30(13,26)27/h8-11H,6-7H2,1-5H3/b13-8+. The zero-order chi connectivity index (χ0) is 22.6. The summed E-state index contributed by atoms with van der Waals surface area (Å²) in [4.78, 5) is 36.2. The Kier molecular flexibility index (Phi) is 5.63. The molecule has 1 saturated heterocycles. The summed E-state index contributed by atoms with van der Waals surface area (Å²) in [5.41, 5.74) is -0.801. The van der Waals surface area contributed by atoms with Crippen molar-refractivity contribution >= 4 is 49.7 Å². The quantitative estimate of drug-likeness (QED) is 0.172. The van der Waals surface area contributed by atoms with Crippen molar-refractivity contribution in [1.29, 1.82) is 0 Å². The second-order valence-corrected chi connectivity index (χ2v) is 12.4. The highest BCUT2D eigenvalue weighted by Gasteiger charge is 2.46. The molecule has 1 aromatic carbocycles. The molecule has 2 radical (unpaired) electrons.